The molecule has 4 N–H and O–H groups in total. The van der Waals surface area contributed by atoms with Gasteiger partial charge in [0.2, 0.25) is 23.5 Å². The Balaban J connectivity index is 1.53. The number of rotatable bonds is 14. The van der Waals surface area contributed by atoms with E-state index in [0.717, 1.165) is 12.8 Å². The normalized spacial score (nSPS) is 22.5. The van der Waals surface area contributed by atoms with Crippen molar-refractivity contribution in [2.24, 2.45) is 23.7 Å². The Morgan fingerprint density at radius 3 is 2.22 bits per heavy atom. The van der Waals surface area contributed by atoms with Crippen LogP contribution in [0.5, 0.6) is 0 Å². The third-order valence-corrected chi connectivity index (χ3v) is 8.95. The predicted molar refractivity (Wildman–Crippen MR) is 165 cm³/mol. The van der Waals surface area contributed by atoms with Gasteiger partial charge < -0.3 is 26.2 Å². The highest BCUT2D eigenvalue weighted by Gasteiger charge is 2.54. The standard InChI is InChI=1S/C32H45N7O7/c1-6-7-21(27(41)31(45)35-18-8-9-18)36-30(44)26-19-10-11-23(40)20(19)15-39(26)32(46)25(17(4)5)38-29(43)24(16(2)3)37-28(42)22-14-33-12-13-34-22/h12-14,16-21,24-26H,6-11,15H2,1-5H3,(H,35,45)(H,36,44)(H,37,42)(H,38,43)/t19-,20-,21?,24+,25-,26-/m0/s1. The second kappa shape index (κ2) is 14.9. The molecule has 46 heavy (non-hydrogen) atoms. The molecule has 0 radical (unpaired) electrons. The maximum Gasteiger partial charge on any atom is 0.289 e. The minimum Gasteiger partial charge on any atom is -0.347 e. The molecule has 0 spiro atoms. The first kappa shape index (κ1) is 34.6. The van der Waals surface area contributed by atoms with Crippen LogP contribution in [0.15, 0.2) is 18.6 Å². The smallest absolute Gasteiger partial charge is 0.289 e. The number of hydrogen-bond donors (Lipinski definition) is 4. The monoisotopic (exact) mass is 639 g/mol. The summed E-state index contributed by atoms with van der Waals surface area (Å²) < 4.78 is 0. The third-order valence-electron chi connectivity index (χ3n) is 8.95. The van der Waals surface area contributed by atoms with E-state index < -0.39 is 77.2 Å². The largest absolute Gasteiger partial charge is 0.347 e. The lowest BCUT2D eigenvalue weighted by Crippen LogP contribution is -2.60. The number of hydrogen-bond acceptors (Lipinski definition) is 9. The van der Waals surface area contributed by atoms with Crippen molar-refractivity contribution in [1.29, 1.82) is 0 Å². The zero-order valence-electron chi connectivity index (χ0n) is 27.1. The zero-order chi connectivity index (χ0) is 33.7. The molecule has 2 aliphatic carbocycles. The maximum atomic E-state index is 14.2. The van der Waals surface area contributed by atoms with Crippen LogP contribution >= 0.6 is 0 Å². The molecule has 250 valence electrons. The Labute approximate surface area is 268 Å². The Morgan fingerprint density at radius 1 is 0.935 bits per heavy atom. The Kier molecular flexibility index (Phi) is 11.2. The van der Waals surface area contributed by atoms with Gasteiger partial charge in [-0.05, 0) is 37.5 Å². The Bertz CT molecular complexity index is 1350. The minimum absolute atomic E-state index is 0.00505. The number of ketones is 2. The molecule has 4 rings (SSSR count). The van der Waals surface area contributed by atoms with Gasteiger partial charge in [0.15, 0.2) is 0 Å². The van der Waals surface area contributed by atoms with E-state index in [4.69, 9.17) is 0 Å². The van der Waals surface area contributed by atoms with Crippen LogP contribution in [-0.2, 0) is 28.8 Å². The zero-order valence-corrected chi connectivity index (χ0v) is 27.1. The fourth-order valence-corrected chi connectivity index (χ4v) is 6.23. The van der Waals surface area contributed by atoms with Gasteiger partial charge in [0.25, 0.3) is 11.8 Å². The molecule has 1 aliphatic heterocycles. The summed E-state index contributed by atoms with van der Waals surface area (Å²) in [4.78, 5) is 102. The van der Waals surface area contributed by atoms with E-state index in [1.54, 1.807) is 27.7 Å². The van der Waals surface area contributed by atoms with Crippen LogP contribution in [0.4, 0.5) is 0 Å². The van der Waals surface area contributed by atoms with Crippen LogP contribution in [-0.4, -0.2) is 92.7 Å². The fourth-order valence-electron chi connectivity index (χ4n) is 6.23. The second-order valence-electron chi connectivity index (χ2n) is 13.2. The molecule has 1 unspecified atom stereocenters. The molecular formula is C32H45N7O7. The molecule has 0 bridgehead atoms. The highest BCUT2D eigenvalue weighted by molar-refractivity contribution is 6.38. The van der Waals surface area contributed by atoms with E-state index in [2.05, 4.69) is 31.2 Å². The van der Waals surface area contributed by atoms with Crippen LogP contribution in [0.2, 0.25) is 0 Å². The summed E-state index contributed by atoms with van der Waals surface area (Å²) in [5.41, 5.74) is 0.0319. The molecule has 14 heteroatoms. The molecule has 6 atom stereocenters. The second-order valence-corrected chi connectivity index (χ2v) is 13.2. The van der Waals surface area contributed by atoms with E-state index in [1.807, 2.05) is 6.92 Å². The molecular weight excluding hydrogens is 594 g/mol. The van der Waals surface area contributed by atoms with Gasteiger partial charge in [-0.15, -0.1) is 0 Å². The van der Waals surface area contributed by atoms with Gasteiger partial charge in [-0.25, -0.2) is 4.98 Å². The Morgan fingerprint density at radius 2 is 1.63 bits per heavy atom. The lowest BCUT2D eigenvalue weighted by atomic mass is 9.92. The summed E-state index contributed by atoms with van der Waals surface area (Å²) in [5.74, 6) is -5.63. The van der Waals surface area contributed by atoms with Gasteiger partial charge in [-0.2, -0.15) is 0 Å². The molecule has 14 nitrogen and oxygen atoms in total. The van der Waals surface area contributed by atoms with Gasteiger partial charge in [0.05, 0.1) is 12.2 Å². The van der Waals surface area contributed by atoms with Crippen molar-refractivity contribution >= 4 is 41.1 Å². The topological polar surface area (TPSA) is 197 Å². The first-order valence-electron chi connectivity index (χ1n) is 16.2. The van der Waals surface area contributed by atoms with Crippen molar-refractivity contribution in [1.82, 2.24) is 36.1 Å². The number of nitrogens with one attached hydrogen (secondary N) is 4. The van der Waals surface area contributed by atoms with E-state index >= 15 is 0 Å². The quantitative estimate of drug-likeness (QED) is 0.207. The van der Waals surface area contributed by atoms with Gasteiger partial charge in [0.1, 0.15) is 29.6 Å². The van der Waals surface area contributed by atoms with Crippen LogP contribution < -0.4 is 21.3 Å². The highest BCUT2D eigenvalue weighted by atomic mass is 16.2. The molecule has 2 saturated carbocycles. The van der Waals surface area contributed by atoms with E-state index in [-0.39, 0.29) is 42.8 Å². The van der Waals surface area contributed by atoms with Crippen molar-refractivity contribution in [3.63, 3.8) is 0 Å². The summed E-state index contributed by atoms with van der Waals surface area (Å²) in [7, 11) is 0. The summed E-state index contributed by atoms with van der Waals surface area (Å²) in [6.07, 6.45) is 7.12. The number of likely N-dealkylation sites (tertiary alicyclic amines) is 1. The number of fused-ring (bicyclic) bond motifs is 1. The van der Waals surface area contributed by atoms with Crippen molar-refractivity contribution in [3.8, 4) is 0 Å². The van der Waals surface area contributed by atoms with Crippen molar-refractivity contribution in [2.45, 2.75) is 103 Å². The summed E-state index contributed by atoms with van der Waals surface area (Å²) >= 11 is 0. The number of aromatic nitrogens is 2. The molecule has 5 amide bonds. The highest BCUT2D eigenvalue weighted by Crippen LogP contribution is 2.41. The van der Waals surface area contributed by atoms with Crippen molar-refractivity contribution in [2.75, 3.05) is 6.54 Å². The number of amides is 5. The lowest BCUT2D eigenvalue weighted by molar-refractivity contribution is -0.145. The van der Waals surface area contributed by atoms with Gasteiger partial charge in [-0.3, -0.25) is 38.5 Å². The van der Waals surface area contributed by atoms with Crippen LogP contribution in [0.25, 0.3) is 0 Å². The van der Waals surface area contributed by atoms with Crippen LogP contribution in [0.1, 0.15) is 83.6 Å². The van der Waals surface area contributed by atoms with Gasteiger partial charge in [0, 0.05) is 43.2 Å². The summed E-state index contributed by atoms with van der Waals surface area (Å²) in [6, 6.07) is -4.25. The fraction of sp³-hybridized carbons (Fsp3) is 0.656. The molecule has 3 fully saturated rings. The van der Waals surface area contributed by atoms with E-state index in [1.165, 1.54) is 23.5 Å². The molecule has 3 aliphatic rings. The summed E-state index contributed by atoms with van der Waals surface area (Å²) in [5, 5.41) is 10.8. The number of nitrogens with zero attached hydrogens (tertiary/aromatic N) is 3. The van der Waals surface area contributed by atoms with Crippen LogP contribution in [0.3, 0.4) is 0 Å². The van der Waals surface area contributed by atoms with Gasteiger partial charge >= 0.3 is 0 Å². The van der Waals surface area contributed by atoms with Gasteiger partial charge in [-0.1, -0.05) is 41.0 Å². The summed E-state index contributed by atoms with van der Waals surface area (Å²) in [6.45, 7) is 8.83. The molecule has 0 aromatic carbocycles. The number of carbonyl (C=O) groups is 7. The first-order valence-corrected chi connectivity index (χ1v) is 16.2. The van der Waals surface area contributed by atoms with Crippen LogP contribution in [0, 0.1) is 23.7 Å². The molecule has 1 saturated heterocycles. The van der Waals surface area contributed by atoms with E-state index in [0.29, 0.717) is 12.8 Å². The first-order chi connectivity index (χ1) is 21.8. The average Bonchev–Trinajstić information content (AvgIpc) is 3.65. The molecule has 1 aromatic rings. The Hall–Kier alpha value is -4.23. The molecule has 2 heterocycles. The van der Waals surface area contributed by atoms with Crippen molar-refractivity contribution < 1.29 is 33.6 Å². The lowest BCUT2D eigenvalue weighted by Gasteiger charge is -2.33. The minimum atomic E-state index is -1.08. The SMILES string of the molecule is CCCC(NC(=O)[C@@H]1[C@H]2CCC(=O)[C@H]2CN1C(=O)[C@@H](NC(=O)[C@H](NC(=O)c1cnccn1)C(C)C)C(C)C)C(=O)C(=O)NC1CC1. The molecule has 1 aromatic heterocycles. The van der Waals surface area contributed by atoms with Crippen molar-refractivity contribution in [3.05, 3.63) is 24.3 Å². The third kappa shape index (κ3) is 7.94. The maximum absolute atomic E-state index is 14.2. The predicted octanol–water partition coefficient (Wildman–Crippen LogP) is 0.311. The average molecular weight is 640 g/mol. The van der Waals surface area contributed by atoms with E-state index in [9.17, 15) is 33.6 Å². The number of carbonyl (C=O) groups excluding carboxylic acids is 7. The number of Topliss-reactive ketones (excluding diaryl/α,β-unsaturated/α-hetero) is 2.